The lowest BCUT2D eigenvalue weighted by molar-refractivity contribution is -0.102. The van der Waals surface area contributed by atoms with E-state index in [0.717, 1.165) is 10.1 Å². The first-order valence-corrected chi connectivity index (χ1v) is 7.85. The second-order valence-electron chi connectivity index (χ2n) is 5.20. The molecule has 112 valence electrons. The summed E-state index contributed by atoms with van der Waals surface area (Å²) >= 11 is 1.39. The molecule has 2 unspecified atom stereocenters. The number of Topliss-reactive ketones (excluding diaryl/α,β-unsaturated/α-hetero) is 1. The van der Waals surface area contributed by atoms with Crippen molar-refractivity contribution in [3.05, 3.63) is 47.1 Å². The van der Waals surface area contributed by atoms with Crippen molar-refractivity contribution in [1.29, 1.82) is 0 Å². The number of carbonyl (C=O) groups excluding carboxylic acids is 1. The van der Waals surface area contributed by atoms with Gasteiger partial charge in [0.05, 0.1) is 23.8 Å². The lowest BCUT2D eigenvalue weighted by Gasteiger charge is -2.30. The predicted molar refractivity (Wildman–Crippen MR) is 85.1 cm³/mol. The van der Waals surface area contributed by atoms with E-state index in [4.69, 9.17) is 15.2 Å². The zero-order chi connectivity index (χ0) is 15.1. The first kappa shape index (κ1) is 13.6. The van der Waals surface area contributed by atoms with Gasteiger partial charge in [0.1, 0.15) is 12.2 Å². The number of aromatic nitrogens is 1. The highest BCUT2D eigenvalue weighted by atomic mass is 32.1. The number of hydrogen-bond donors (Lipinski definition) is 1. The summed E-state index contributed by atoms with van der Waals surface area (Å²) in [6.07, 6.45) is 8.59. The fraction of sp³-hybridized carbons (Fsp3) is 0.250. The molecule has 0 amide bonds. The number of ketones is 1. The monoisotopic (exact) mass is 314 g/mol. The van der Waals surface area contributed by atoms with Gasteiger partial charge in [0.25, 0.3) is 0 Å². The lowest BCUT2D eigenvalue weighted by Crippen LogP contribution is -2.37. The molecule has 1 aliphatic carbocycles. The molecule has 2 atom stereocenters. The number of anilines is 1. The van der Waals surface area contributed by atoms with Crippen LogP contribution in [0.2, 0.25) is 0 Å². The Morgan fingerprint density at radius 2 is 2.14 bits per heavy atom. The molecule has 5 nitrogen and oxygen atoms in total. The van der Waals surface area contributed by atoms with Gasteiger partial charge >= 0.3 is 0 Å². The topological polar surface area (TPSA) is 74.4 Å². The van der Waals surface area contributed by atoms with Crippen LogP contribution in [0.4, 0.5) is 5.69 Å². The molecule has 2 aromatic rings. The van der Waals surface area contributed by atoms with E-state index in [1.54, 1.807) is 18.5 Å². The first-order chi connectivity index (χ1) is 10.7. The minimum atomic E-state index is -0.199. The predicted octanol–water partition coefficient (Wildman–Crippen LogP) is 2.34. The number of carbonyl (C=O) groups is 1. The van der Waals surface area contributed by atoms with E-state index in [1.807, 2.05) is 18.2 Å². The summed E-state index contributed by atoms with van der Waals surface area (Å²) < 4.78 is 12.2. The Balaban J connectivity index is 1.70. The van der Waals surface area contributed by atoms with Gasteiger partial charge in [-0.2, -0.15) is 0 Å². The Bertz CT molecular complexity index is 809. The number of hydrogen-bond acceptors (Lipinski definition) is 6. The summed E-state index contributed by atoms with van der Waals surface area (Å²) in [4.78, 5) is 17.4. The second kappa shape index (κ2) is 5.31. The molecule has 0 bridgehead atoms. The average Bonchev–Trinajstić information content (AvgIpc) is 2.91. The zero-order valence-electron chi connectivity index (χ0n) is 11.7. The van der Waals surface area contributed by atoms with Crippen molar-refractivity contribution in [3.63, 3.8) is 0 Å². The molecule has 2 aromatic heterocycles. The van der Waals surface area contributed by atoms with Gasteiger partial charge in [0.15, 0.2) is 0 Å². The maximum absolute atomic E-state index is 12.8. The van der Waals surface area contributed by atoms with E-state index in [0.29, 0.717) is 29.4 Å². The van der Waals surface area contributed by atoms with Crippen LogP contribution in [0.3, 0.4) is 0 Å². The third-order valence-corrected chi connectivity index (χ3v) is 5.02. The Hall–Kier alpha value is -2.02. The molecule has 1 fully saturated rings. The van der Waals surface area contributed by atoms with Crippen LogP contribution >= 0.6 is 11.3 Å². The molecule has 2 aliphatic rings. The van der Waals surface area contributed by atoms with Crippen molar-refractivity contribution in [2.75, 3.05) is 18.9 Å². The Kier molecular flexibility index (Phi) is 3.29. The van der Waals surface area contributed by atoms with Crippen molar-refractivity contribution in [2.24, 2.45) is 0 Å². The smallest absolute Gasteiger partial charge is 0.204 e. The third kappa shape index (κ3) is 2.16. The van der Waals surface area contributed by atoms with Crippen LogP contribution in [-0.2, 0) is 9.47 Å². The first-order valence-electron chi connectivity index (χ1n) is 7.04. The molecular weight excluding hydrogens is 300 g/mol. The van der Waals surface area contributed by atoms with Gasteiger partial charge in [0, 0.05) is 28.1 Å². The van der Waals surface area contributed by atoms with E-state index in [9.17, 15) is 4.79 Å². The molecule has 22 heavy (non-hydrogen) atoms. The number of allylic oxidation sites excluding steroid dienone is 2. The van der Waals surface area contributed by atoms with Crippen molar-refractivity contribution >= 4 is 32.9 Å². The second-order valence-corrected chi connectivity index (χ2v) is 6.25. The number of rotatable bonds is 2. The minimum absolute atomic E-state index is 0.0810. The van der Waals surface area contributed by atoms with Crippen molar-refractivity contribution < 1.29 is 14.3 Å². The van der Waals surface area contributed by atoms with Crippen LogP contribution in [0, 0.1) is 0 Å². The summed E-state index contributed by atoms with van der Waals surface area (Å²) in [6.45, 7) is 1.13. The van der Waals surface area contributed by atoms with E-state index in [1.165, 1.54) is 11.3 Å². The number of ether oxygens (including phenoxy) is 2. The fourth-order valence-electron chi connectivity index (χ4n) is 2.71. The zero-order valence-corrected chi connectivity index (χ0v) is 12.5. The average molecular weight is 314 g/mol. The summed E-state index contributed by atoms with van der Waals surface area (Å²) in [5, 5.41) is 0.825. The van der Waals surface area contributed by atoms with Gasteiger partial charge in [-0.1, -0.05) is 12.2 Å². The Labute approximate surface area is 131 Å². The summed E-state index contributed by atoms with van der Waals surface area (Å²) in [6, 6.07) is 1.87. The van der Waals surface area contributed by atoms with Crippen molar-refractivity contribution in [1.82, 2.24) is 4.98 Å². The van der Waals surface area contributed by atoms with Gasteiger partial charge in [-0.25, -0.2) is 0 Å². The van der Waals surface area contributed by atoms with Gasteiger partial charge in [-0.3, -0.25) is 9.78 Å². The molecule has 0 radical (unpaired) electrons. The highest BCUT2D eigenvalue weighted by molar-refractivity contribution is 7.21. The molecular formula is C16H14N2O3S. The van der Waals surface area contributed by atoms with Crippen LogP contribution in [0.1, 0.15) is 9.67 Å². The summed E-state index contributed by atoms with van der Waals surface area (Å²) in [5.74, 6) is -0.0810. The number of nitrogens with zero attached hydrogens (tertiary/aromatic N) is 1. The van der Waals surface area contributed by atoms with Gasteiger partial charge in [0.2, 0.25) is 5.78 Å². The Morgan fingerprint density at radius 1 is 1.32 bits per heavy atom. The van der Waals surface area contributed by atoms with E-state index < -0.39 is 0 Å². The van der Waals surface area contributed by atoms with E-state index >= 15 is 0 Å². The molecule has 4 rings (SSSR count). The molecule has 1 saturated heterocycles. The minimum Gasteiger partial charge on any atom is -0.397 e. The van der Waals surface area contributed by atoms with Crippen LogP contribution in [0.25, 0.3) is 10.1 Å². The Morgan fingerprint density at radius 3 is 2.95 bits per heavy atom. The third-order valence-electron chi connectivity index (χ3n) is 3.83. The SMILES string of the molecule is Nc1c(C(=O)C2=CC3OCCOC3C=C2)sc2ccncc12. The summed E-state index contributed by atoms with van der Waals surface area (Å²) in [7, 11) is 0. The van der Waals surface area contributed by atoms with Gasteiger partial charge in [-0.15, -0.1) is 11.3 Å². The quantitative estimate of drug-likeness (QED) is 0.861. The molecule has 3 heterocycles. The van der Waals surface area contributed by atoms with Crippen LogP contribution in [-0.4, -0.2) is 36.2 Å². The molecule has 0 spiro atoms. The fourth-order valence-corrected chi connectivity index (χ4v) is 3.76. The molecule has 2 N–H and O–H groups in total. The van der Waals surface area contributed by atoms with E-state index in [2.05, 4.69) is 4.98 Å². The molecule has 0 aromatic carbocycles. The van der Waals surface area contributed by atoms with E-state index in [-0.39, 0.29) is 18.0 Å². The largest absolute Gasteiger partial charge is 0.397 e. The number of thiophene rings is 1. The standard InChI is InChI=1S/C16H14N2O3S/c17-14-10-8-18-4-3-13(10)22-16(14)15(19)9-1-2-11-12(7-9)21-6-5-20-11/h1-4,7-8,11-12H,5-6,17H2. The van der Waals surface area contributed by atoms with Crippen LogP contribution in [0.15, 0.2) is 42.3 Å². The number of nitrogen functional groups attached to an aromatic ring is 1. The van der Waals surface area contributed by atoms with Gasteiger partial charge in [-0.05, 0) is 12.1 Å². The molecule has 0 saturated carbocycles. The van der Waals surface area contributed by atoms with Crippen molar-refractivity contribution in [2.45, 2.75) is 12.2 Å². The maximum Gasteiger partial charge on any atom is 0.204 e. The molecule has 1 aliphatic heterocycles. The number of nitrogens with two attached hydrogens (primary N) is 1. The number of pyridine rings is 1. The van der Waals surface area contributed by atoms with Crippen LogP contribution < -0.4 is 5.73 Å². The molecule has 6 heteroatoms. The normalized spacial score (nSPS) is 24.1. The highest BCUT2D eigenvalue weighted by Crippen LogP contribution is 2.35. The number of fused-ring (bicyclic) bond motifs is 2. The highest BCUT2D eigenvalue weighted by Gasteiger charge is 2.29. The van der Waals surface area contributed by atoms with Crippen LogP contribution in [0.5, 0.6) is 0 Å². The van der Waals surface area contributed by atoms with Gasteiger partial charge < -0.3 is 15.2 Å². The van der Waals surface area contributed by atoms with Crippen molar-refractivity contribution in [3.8, 4) is 0 Å². The lowest BCUT2D eigenvalue weighted by atomic mass is 9.97. The maximum atomic E-state index is 12.8. The summed E-state index contributed by atoms with van der Waals surface area (Å²) in [5.41, 5.74) is 7.21.